The number of carbonyl (C=O) groups excluding carboxylic acids is 3. The smallest absolute Gasteiger partial charge is 0.322 e. The molecule has 0 spiro atoms. The highest BCUT2D eigenvalue weighted by molar-refractivity contribution is 6.10. The van der Waals surface area contributed by atoms with Crippen LogP contribution < -0.4 is 5.32 Å². The van der Waals surface area contributed by atoms with Gasteiger partial charge in [-0.1, -0.05) is 30.3 Å². The topological polar surface area (TPSA) is 63.2 Å². The third kappa shape index (κ3) is 4.52. The summed E-state index contributed by atoms with van der Waals surface area (Å²) in [5, 5.41) is 2.63. The molecule has 0 bridgehead atoms. The monoisotopic (exact) mass is 335 g/mol. The second-order valence-corrected chi connectivity index (χ2v) is 4.92. The number of carbonyl (C=O) groups is 3. The zero-order valence-corrected chi connectivity index (χ0v) is 12.3. The Kier molecular flexibility index (Phi) is 5.13. The summed E-state index contributed by atoms with van der Waals surface area (Å²) in [4.78, 5) is 34.5. The number of nitrogens with one attached hydrogen (secondary N) is 1. The average Bonchev–Trinajstić information content (AvgIpc) is 2.55. The van der Waals surface area contributed by atoms with E-state index in [-0.39, 0.29) is 11.1 Å². The number of hydrogen-bond acceptors (Lipinski definition) is 3. The molecule has 2 aromatic rings. The molecule has 0 aliphatic heterocycles. The lowest BCUT2D eigenvalue weighted by Crippen LogP contribution is -2.25. The Morgan fingerprint density at radius 1 is 0.833 bits per heavy atom. The quantitative estimate of drug-likeness (QED) is 0.670. The van der Waals surface area contributed by atoms with Crippen LogP contribution in [-0.2, 0) is 4.79 Å². The third-order valence-electron chi connectivity index (χ3n) is 3.14. The summed E-state index contributed by atoms with van der Waals surface area (Å²) in [6.45, 7) is 0. The van der Waals surface area contributed by atoms with E-state index in [1.165, 1.54) is 24.3 Å². The van der Waals surface area contributed by atoms with Crippen molar-refractivity contribution < 1.29 is 27.6 Å². The van der Waals surface area contributed by atoms with Gasteiger partial charge in [0.15, 0.2) is 5.78 Å². The number of anilines is 1. The van der Waals surface area contributed by atoms with Crippen molar-refractivity contribution in [3.05, 3.63) is 65.7 Å². The average molecular weight is 335 g/mol. The Balaban J connectivity index is 2.03. The Morgan fingerprint density at radius 2 is 1.38 bits per heavy atom. The molecule has 1 amide bonds. The molecule has 7 heteroatoms. The van der Waals surface area contributed by atoms with Crippen LogP contribution >= 0.6 is 0 Å². The summed E-state index contributed by atoms with van der Waals surface area (Å²) in [5.41, 5.74) is 0.750. The summed E-state index contributed by atoms with van der Waals surface area (Å²) in [5.74, 6) is -3.47. The zero-order chi connectivity index (χ0) is 17.7. The lowest BCUT2D eigenvalue weighted by Gasteiger charge is -2.07. The normalized spacial score (nSPS) is 11.0. The van der Waals surface area contributed by atoms with Crippen LogP contribution in [-0.4, -0.2) is 23.6 Å². The maximum absolute atomic E-state index is 12.1. The second kappa shape index (κ2) is 7.08. The van der Waals surface area contributed by atoms with Crippen LogP contribution in [0.2, 0.25) is 0 Å². The molecule has 24 heavy (non-hydrogen) atoms. The van der Waals surface area contributed by atoms with E-state index >= 15 is 0 Å². The van der Waals surface area contributed by atoms with Gasteiger partial charge in [-0.2, -0.15) is 13.2 Å². The molecule has 0 aliphatic carbocycles. The number of Topliss-reactive ketones (excluding diaryl/α,β-unsaturated/α-hetero) is 2. The fourth-order valence-electron chi connectivity index (χ4n) is 1.88. The van der Waals surface area contributed by atoms with E-state index in [4.69, 9.17) is 0 Å². The highest BCUT2D eigenvalue weighted by Gasteiger charge is 2.39. The van der Waals surface area contributed by atoms with E-state index in [1.54, 1.807) is 30.3 Å². The number of alkyl halides is 3. The predicted molar refractivity (Wildman–Crippen MR) is 80.8 cm³/mol. The van der Waals surface area contributed by atoms with Gasteiger partial charge in [0.25, 0.3) is 5.91 Å². The van der Waals surface area contributed by atoms with Crippen LogP contribution in [0.1, 0.15) is 27.1 Å². The molecule has 0 saturated carbocycles. The van der Waals surface area contributed by atoms with Gasteiger partial charge in [0, 0.05) is 16.8 Å². The second-order valence-electron chi connectivity index (χ2n) is 4.92. The largest absolute Gasteiger partial charge is 0.450 e. The molecule has 0 aliphatic rings. The maximum Gasteiger partial charge on any atom is 0.450 e. The maximum atomic E-state index is 12.1. The molecular formula is C17H12F3NO3. The van der Waals surface area contributed by atoms with Crippen molar-refractivity contribution in [1.82, 2.24) is 0 Å². The van der Waals surface area contributed by atoms with Crippen LogP contribution in [0.4, 0.5) is 18.9 Å². The minimum absolute atomic E-state index is 0.0659. The van der Waals surface area contributed by atoms with Gasteiger partial charge in [0.05, 0.1) is 6.42 Å². The number of hydrogen-bond donors (Lipinski definition) is 1. The molecule has 124 valence electrons. The summed E-state index contributed by atoms with van der Waals surface area (Å²) >= 11 is 0. The molecule has 0 saturated heterocycles. The highest BCUT2D eigenvalue weighted by Crippen LogP contribution is 2.19. The number of amides is 1. The van der Waals surface area contributed by atoms with E-state index in [0.717, 1.165) is 0 Å². The molecule has 1 N–H and O–H groups in total. The highest BCUT2D eigenvalue weighted by atomic mass is 19.4. The first-order chi connectivity index (χ1) is 11.3. The zero-order valence-electron chi connectivity index (χ0n) is 12.3. The van der Waals surface area contributed by atoms with E-state index in [1.807, 2.05) is 0 Å². The molecule has 0 atom stereocenters. The van der Waals surface area contributed by atoms with Crippen LogP contribution in [0, 0.1) is 0 Å². The molecule has 0 radical (unpaired) electrons. The third-order valence-corrected chi connectivity index (χ3v) is 3.14. The first kappa shape index (κ1) is 17.4. The van der Waals surface area contributed by atoms with Crippen molar-refractivity contribution in [3.8, 4) is 0 Å². The Hall–Kier alpha value is -2.96. The van der Waals surface area contributed by atoms with Gasteiger partial charge in [0.2, 0.25) is 5.78 Å². The molecule has 0 unspecified atom stereocenters. The molecular weight excluding hydrogens is 323 g/mol. The minimum Gasteiger partial charge on any atom is -0.322 e. The van der Waals surface area contributed by atoms with Crippen molar-refractivity contribution in [3.63, 3.8) is 0 Å². The lowest BCUT2D eigenvalue weighted by atomic mass is 10.0. The van der Waals surface area contributed by atoms with Crippen LogP contribution in [0.3, 0.4) is 0 Å². The van der Waals surface area contributed by atoms with Gasteiger partial charge in [-0.3, -0.25) is 14.4 Å². The molecule has 2 aromatic carbocycles. The van der Waals surface area contributed by atoms with E-state index in [2.05, 4.69) is 5.32 Å². The van der Waals surface area contributed by atoms with Gasteiger partial charge in [-0.25, -0.2) is 0 Å². The summed E-state index contributed by atoms with van der Waals surface area (Å²) in [6, 6.07) is 13.7. The number of halogens is 3. The van der Waals surface area contributed by atoms with Crippen LogP contribution in [0.25, 0.3) is 0 Å². The van der Waals surface area contributed by atoms with Crippen molar-refractivity contribution in [2.75, 3.05) is 5.32 Å². The van der Waals surface area contributed by atoms with Crippen LogP contribution in [0.15, 0.2) is 54.6 Å². The summed E-state index contributed by atoms with van der Waals surface area (Å²) < 4.78 is 36.4. The molecule has 2 rings (SSSR count). The summed E-state index contributed by atoms with van der Waals surface area (Å²) in [6.07, 6.45) is -6.29. The lowest BCUT2D eigenvalue weighted by molar-refractivity contribution is -0.170. The first-order valence-corrected chi connectivity index (χ1v) is 6.87. The molecule has 0 fully saturated rings. The Morgan fingerprint density at radius 3 is 1.92 bits per heavy atom. The van der Waals surface area contributed by atoms with Gasteiger partial charge in [-0.05, 0) is 24.3 Å². The molecule has 0 aromatic heterocycles. The number of benzene rings is 2. The van der Waals surface area contributed by atoms with E-state index in [9.17, 15) is 27.6 Å². The van der Waals surface area contributed by atoms with Crippen molar-refractivity contribution in [1.29, 1.82) is 0 Å². The van der Waals surface area contributed by atoms with Crippen molar-refractivity contribution >= 4 is 23.2 Å². The summed E-state index contributed by atoms with van der Waals surface area (Å²) in [7, 11) is 0. The Labute approximate surface area is 135 Å². The first-order valence-electron chi connectivity index (χ1n) is 6.87. The van der Waals surface area contributed by atoms with Crippen molar-refractivity contribution in [2.24, 2.45) is 0 Å². The van der Waals surface area contributed by atoms with Gasteiger partial charge < -0.3 is 5.32 Å². The van der Waals surface area contributed by atoms with E-state index in [0.29, 0.717) is 5.69 Å². The fraction of sp³-hybridized carbons (Fsp3) is 0.118. The number of rotatable bonds is 5. The van der Waals surface area contributed by atoms with E-state index < -0.39 is 30.1 Å². The van der Waals surface area contributed by atoms with Gasteiger partial charge in [-0.15, -0.1) is 0 Å². The minimum atomic E-state index is -5.04. The molecule has 0 heterocycles. The molecule has 4 nitrogen and oxygen atoms in total. The standard InChI is InChI=1S/C17H12F3NO3/c18-17(19,20)15(23)10-14(22)11-6-8-12(9-7-11)16(24)21-13-4-2-1-3-5-13/h1-9H,10H2,(H,21,24). The van der Waals surface area contributed by atoms with Crippen LogP contribution in [0.5, 0.6) is 0 Å². The van der Waals surface area contributed by atoms with Gasteiger partial charge in [0.1, 0.15) is 0 Å². The Bertz CT molecular complexity index is 753. The number of ketones is 2. The SMILES string of the molecule is O=C(CC(=O)C(F)(F)F)c1ccc(C(=O)Nc2ccccc2)cc1. The van der Waals surface area contributed by atoms with Gasteiger partial charge >= 0.3 is 6.18 Å². The number of para-hydroxylation sites is 1. The fourth-order valence-corrected chi connectivity index (χ4v) is 1.88. The predicted octanol–water partition coefficient (Wildman–Crippen LogP) is 3.64. The van der Waals surface area contributed by atoms with Crippen molar-refractivity contribution in [2.45, 2.75) is 12.6 Å².